The number of carbonyl (C=O) groups excluding carboxylic acids is 1. The molecule has 0 saturated carbocycles. The minimum Gasteiger partial charge on any atom is -0.351 e. The van der Waals surface area contributed by atoms with Crippen molar-refractivity contribution in [2.45, 2.75) is 0 Å². The Morgan fingerprint density at radius 2 is 1.91 bits per heavy atom. The van der Waals surface area contributed by atoms with Gasteiger partial charge < -0.3 is 10.2 Å². The van der Waals surface area contributed by atoms with Gasteiger partial charge in [0.05, 0.1) is 6.26 Å². The molecule has 0 aliphatic heterocycles. The third kappa shape index (κ3) is 6.74. The minimum absolute atomic E-state index is 0.235. The van der Waals surface area contributed by atoms with Crippen LogP contribution in [-0.4, -0.2) is 70.1 Å². The van der Waals surface area contributed by atoms with Crippen molar-refractivity contribution in [2.75, 3.05) is 46.5 Å². The Bertz CT molecular complexity index is 605. The van der Waals surface area contributed by atoms with Crippen molar-refractivity contribution < 1.29 is 13.2 Å². The van der Waals surface area contributed by atoms with Crippen LogP contribution in [0.3, 0.4) is 0 Å². The predicted molar refractivity (Wildman–Crippen MR) is 88.8 cm³/mol. The second-order valence-electron chi connectivity index (χ2n) is 5.23. The fourth-order valence-electron chi connectivity index (χ4n) is 1.78. The van der Waals surface area contributed by atoms with Gasteiger partial charge in [0.1, 0.15) is 0 Å². The molecule has 0 saturated heterocycles. The Morgan fingerprint density at radius 1 is 1.23 bits per heavy atom. The summed E-state index contributed by atoms with van der Waals surface area (Å²) in [5, 5.41) is 3.18. The third-order valence-electron chi connectivity index (χ3n) is 3.00. The summed E-state index contributed by atoms with van der Waals surface area (Å²) in [5.74, 6) is -0.274. The quantitative estimate of drug-likeness (QED) is 0.758. The van der Waals surface area contributed by atoms with E-state index in [9.17, 15) is 13.2 Å². The number of amides is 1. The summed E-state index contributed by atoms with van der Waals surface area (Å²) < 4.78 is 24.8. The lowest BCUT2D eigenvalue weighted by molar-refractivity contribution is 0.0951. The van der Waals surface area contributed by atoms with Gasteiger partial charge in [0.2, 0.25) is 10.0 Å². The number of hydrogen-bond donors (Lipinski definition) is 1. The Labute approximate surface area is 137 Å². The zero-order valence-electron chi connectivity index (χ0n) is 13.0. The average Bonchev–Trinajstić information content (AvgIpc) is 2.40. The van der Waals surface area contributed by atoms with E-state index in [2.05, 4.69) is 5.32 Å². The Morgan fingerprint density at radius 3 is 2.45 bits per heavy atom. The van der Waals surface area contributed by atoms with Gasteiger partial charge in [0.25, 0.3) is 5.91 Å². The normalized spacial score (nSPS) is 11.9. The standard InChI is InChI=1S/C14H22ClN3O3S/c1-17(2)9-10-18(22(3,20)21)8-7-16-14(19)12-5-4-6-13(15)11-12/h4-6,11H,7-10H2,1-3H3,(H,16,19). The van der Waals surface area contributed by atoms with E-state index in [1.54, 1.807) is 24.3 Å². The van der Waals surface area contributed by atoms with E-state index in [1.165, 1.54) is 10.6 Å². The summed E-state index contributed by atoms with van der Waals surface area (Å²) in [5.41, 5.74) is 0.451. The van der Waals surface area contributed by atoms with Gasteiger partial charge in [-0.2, -0.15) is 4.31 Å². The highest BCUT2D eigenvalue weighted by Gasteiger charge is 2.16. The predicted octanol–water partition coefficient (Wildman–Crippen LogP) is 0.893. The fourth-order valence-corrected chi connectivity index (χ4v) is 2.81. The molecule has 0 atom stereocenters. The Kier molecular flexibility index (Phi) is 7.28. The topological polar surface area (TPSA) is 69.7 Å². The molecular formula is C14H22ClN3O3S. The lowest BCUT2D eigenvalue weighted by atomic mass is 10.2. The summed E-state index contributed by atoms with van der Waals surface area (Å²) in [6, 6.07) is 6.60. The maximum atomic E-state index is 11.9. The van der Waals surface area contributed by atoms with Gasteiger partial charge in [0, 0.05) is 36.8 Å². The highest BCUT2D eigenvalue weighted by atomic mass is 35.5. The number of nitrogens with one attached hydrogen (secondary N) is 1. The number of nitrogens with zero attached hydrogens (tertiary/aromatic N) is 2. The van der Waals surface area contributed by atoms with Crippen molar-refractivity contribution in [3.8, 4) is 0 Å². The second-order valence-corrected chi connectivity index (χ2v) is 7.65. The molecule has 22 heavy (non-hydrogen) atoms. The number of hydrogen-bond acceptors (Lipinski definition) is 4. The summed E-state index contributed by atoms with van der Waals surface area (Å²) >= 11 is 5.83. The number of carbonyl (C=O) groups is 1. The largest absolute Gasteiger partial charge is 0.351 e. The lowest BCUT2D eigenvalue weighted by Gasteiger charge is -2.22. The van der Waals surface area contributed by atoms with Crippen LogP contribution in [0.25, 0.3) is 0 Å². The van der Waals surface area contributed by atoms with Crippen LogP contribution in [0, 0.1) is 0 Å². The molecule has 1 rings (SSSR count). The van der Waals surface area contributed by atoms with Crippen LogP contribution < -0.4 is 5.32 Å². The molecule has 8 heteroatoms. The minimum atomic E-state index is -3.30. The molecule has 0 aliphatic carbocycles. The van der Waals surface area contributed by atoms with Gasteiger partial charge in [-0.05, 0) is 32.3 Å². The Balaban J connectivity index is 2.53. The van der Waals surface area contributed by atoms with Crippen molar-refractivity contribution in [1.29, 1.82) is 0 Å². The maximum absolute atomic E-state index is 11.9. The van der Waals surface area contributed by atoms with E-state index in [-0.39, 0.29) is 19.0 Å². The molecule has 0 aromatic heterocycles. The average molecular weight is 348 g/mol. The van der Waals surface area contributed by atoms with E-state index in [0.717, 1.165) is 0 Å². The first-order valence-electron chi connectivity index (χ1n) is 6.84. The molecule has 0 bridgehead atoms. The second kappa shape index (κ2) is 8.47. The van der Waals surface area contributed by atoms with Crippen molar-refractivity contribution in [3.63, 3.8) is 0 Å². The SMILES string of the molecule is CN(C)CCN(CCNC(=O)c1cccc(Cl)c1)S(C)(=O)=O. The van der Waals surface area contributed by atoms with E-state index >= 15 is 0 Å². The number of benzene rings is 1. The Hall–Kier alpha value is -1.15. The van der Waals surface area contributed by atoms with Crippen molar-refractivity contribution in [1.82, 2.24) is 14.5 Å². The smallest absolute Gasteiger partial charge is 0.251 e. The zero-order chi connectivity index (χ0) is 16.8. The summed E-state index contributed by atoms with van der Waals surface area (Å²) in [6.07, 6.45) is 1.17. The summed E-state index contributed by atoms with van der Waals surface area (Å²) in [4.78, 5) is 13.9. The van der Waals surface area contributed by atoms with Crippen molar-refractivity contribution in [3.05, 3.63) is 34.9 Å². The van der Waals surface area contributed by atoms with Gasteiger partial charge in [-0.15, -0.1) is 0 Å². The van der Waals surface area contributed by atoms with Crippen LogP contribution >= 0.6 is 11.6 Å². The van der Waals surface area contributed by atoms with E-state index in [4.69, 9.17) is 11.6 Å². The monoisotopic (exact) mass is 347 g/mol. The highest BCUT2D eigenvalue weighted by molar-refractivity contribution is 7.88. The molecule has 1 aromatic carbocycles. The van der Waals surface area contributed by atoms with E-state index < -0.39 is 10.0 Å². The molecule has 124 valence electrons. The zero-order valence-corrected chi connectivity index (χ0v) is 14.6. The molecule has 0 heterocycles. The molecule has 1 N–H and O–H groups in total. The van der Waals surface area contributed by atoms with Crippen LogP contribution in [0.5, 0.6) is 0 Å². The number of rotatable bonds is 8. The highest BCUT2D eigenvalue weighted by Crippen LogP contribution is 2.10. The summed E-state index contributed by atoms with van der Waals surface area (Å²) in [7, 11) is 0.457. The molecule has 1 amide bonds. The third-order valence-corrected chi connectivity index (χ3v) is 4.54. The first-order chi connectivity index (χ1) is 10.2. The molecule has 0 fully saturated rings. The van der Waals surface area contributed by atoms with E-state index in [1.807, 2.05) is 19.0 Å². The van der Waals surface area contributed by atoms with Crippen molar-refractivity contribution in [2.24, 2.45) is 0 Å². The maximum Gasteiger partial charge on any atom is 0.251 e. The van der Waals surface area contributed by atoms with E-state index in [0.29, 0.717) is 23.7 Å². The fraction of sp³-hybridized carbons (Fsp3) is 0.500. The first kappa shape index (κ1) is 18.9. The number of sulfonamides is 1. The molecule has 1 aromatic rings. The molecular weight excluding hydrogens is 326 g/mol. The van der Waals surface area contributed by atoms with Crippen molar-refractivity contribution >= 4 is 27.5 Å². The van der Waals surface area contributed by atoms with Gasteiger partial charge in [-0.25, -0.2) is 8.42 Å². The molecule has 0 spiro atoms. The molecule has 6 nitrogen and oxygen atoms in total. The molecule has 0 aliphatic rings. The first-order valence-corrected chi connectivity index (χ1v) is 9.06. The molecule has 0 radical (unpaired) electrons. The van der Waals surface area contributed by atoms with Crippen LogP contribution in [0.15, 0.2) is 24.3 Å². The van der Waals surface area contributed by atoms with Gasteiger partial charge >= 0.3 is 0 Å². The van der Waals surface area contributed by atoms with Crippen LogP contribution in [-0.2, 0) is 10.0 Å². The van der Waals surface area contributed by atoms with Crippen LogP contribution in [0.4, 0.5) is 0 Å². The summed E-state index contributed by atoms with van der Waals surface area (Å²) in [6.45, 7) is 1.49. The van der Waals surface area contributed by atoms with Gasteiger partial charge in [0.15, 0.2) is 0 Å². The number of halogens is 1. The van der Waals surface area contributed by atoms with Crippen LogP contribution in [0.2, 0.25) is 5.02 Å². The molecule has 0 unspecified atom stereocenters. The lowest BCUT2D eigenvalue weighted by Crippen LogP contribution is -2.41. The number of likely N-dealkylation sites (N-methyl/N-ethyl adjacent to an activating group) is 1. The van der Waals surface area contributed by atoms with Gasteiger partial charge in [-0.3, -0.25) is 4.79 Å². The van der Waals surface area contributed by atoms with Crippen LogP contribution in [0.1, 0.15) is 10.4 Å². The van der Waals surface area contributed by atoms with Gasteiger partial charge in [-0.1, -0.05) is 17.7 Å².